The van der Waals surface area contributed by atoms with E-state index in [9.17, 15) is 4.79 Å². The summed E-state index contributed by atoms with van der Waals surface area (Å²) in [7, 11) is 0. The monoisotopic (exact) mass is 333 g/mol. The van der Waals surface area contributed by atoms with Crippen LogP contribution in [0.2, 0.25) is 0 Å². The van der Waals surface area contributed by atoms with Gasteiger partial charge in [0.25, 0.3) is 0 Å². The van der Waals surface area contributed by atoms with Gasteiger partial charge in [-0.15, -0.1) is 11.8 Å². The molecule has 2 aliphatic rings. The lowest BCUT2D eigenvalue weighted by atomic mass is 9.78. The van der Waals surface area contributed by atoms with Crippen LogP contribution >= 0.6 is 11.8 Å². The number of carbonyl (C=O) groups excluding carboxylic acids is 1. The maximum Gasteiger partial charge on any atom is 0.232 e. The molecular formula is C19H27NO2S. The van der Waals surface area contributed by atoms with E-state index in [1.807, 2.05) is 24.3 Å². The van der Waals surface area contributed by atoms with Crippen LogP contribution in [-0.4, -0.2) is 34.3 Å². The molecule has 0 aromatic heterocycles. The van der Waals surface area contributed by atoms with Crippen LogP contribution < -0.4 is 0 Å². The minimum atomic E-state index is 0.0867. The van der Waals surface area contributed by atoms with Gasteiger partial charge in [-0.05, 0) is 42.7 Å². The Morgan fingerprint density at radius 1 is 1.09 bits per heavy atom. The van der Waals surface area contributed by atoms with Crippen molar-refractivity contribution in [3.05, 3.63) is 35.4 Å². The SMILES string of the molecule is O=C(CSCc1ccc(CO)cc1)N1CCCC2CCCCC21. The summed E-state index contributed by atoms with van der Waals surface area (Å²) in [6, 6.07) is 8.51. The zero-order valence-electron chi connectivity index (χ0n) is 13.7. The third-order valence-electron chi connectivity index (χ3n) is 5.26. The topological polar surface area (TPSA) is 40.5 Å². The number of fused-ring (bicyclic) bond motifs is 1. The Balaban J connectivity index is 1.48. The van der Waals surface area contributed by atoms with E-state index in [0.717, 1.165) is 23.8 Å². The first-order chi connectivity index (χ1) is 11.3. The van der Waals surface area contributed by atoms with Gasteiger partial charge in [0.15, 0.2) is 0 Å². The maximum absolute atomic E-state index is 12.6. The first-order valence-corrected chi connectivity index (χ1v) is 9.99. The maximum atomic E-state index is 12.6. The second-order valence-electron chi connectivity index (χ2n) is 6.81. The van der Waals surface area contributed by atoms with Gasteiger partial charge in [-0.2, -0.15) is 0 Å². The predicted octanol–water partition coefficient (Wildman–Crippen LogP) is 3.59. The summed E-state index contributed by atoms with van der Waals surface area (Å²) in [6.07, 6.45) is 7.67. The van der Waals surface area contributed by atoms with Gasteiger partial charge in [-0.3, -0.25) is 4.79 Å². The number of amides is 1. The number of thioether (sulfide) groups is 1. The average Bonchev–Trinajstić information content (AvgIpc) is 2.61. The molecule has 0 bridgehead atoms. The first kappa shape index (κ1) is 16.8. The molecule has 1 aromatic rings. The normalized spacial score (nSPS) is 24.3. The molecule has 126 valence electrons. The molecule has 0 spiro atoms. The number of nitrogens with zero attached hydrogens (tertiary/aromatic N) is 1. The quantitative estimate of drug-likeness (QED) is 0.895. The largest absolute Gasteiger partial charge is 0.392 e. The molecule has 2 atom stereocenters. The number of benzene rings is 1. The minimum Gasteiger partial charge on any atom is -0.392 e. The zero-order valence-corrected chi connectivity index (χ0v) is 14.6. The van der Waals surface area contributed by atoms with Crippen LogP contribution in [0.5, 0.6) is 0 Å². The van der Waals surface area contributed by atoms with Crippen LogP contribution in [0.3, 0.4) is 0 Å². The second kappa shape index (κ2) is 8.20. The van der Waals surface area contributed by atoms with Gasteiger partial charge >= 0.3 is 0 Å². The Hall–Kier alpha value is -1.00. The number of likely N-dealkylation sites (tertiary alicyclic amines) is 1. The third kappa shape index (κ3) is 4.30. The lowest BCUT2D eigenvalue weighted by Gasteiger charge is -2.44. The number of aliphatic hydroxyl groups is 1. The van der Waals surface area contributed by atoms with E-state index < -0.39 is 0 Å². The van der Waals surface area contributed by atoms with Crippen LogP contribution in [0.25, 0.3) is 0 Å². The standard InChI is InChI=1S/C19H27NO2S/c21-12-15-7-9-16(10-8-15)13-23-14-19(22)20-11-3-5-17-4-1-2-6-18(17)20/h7-10,17-18,21H,1-6,11-14H2. The van der Waals surface area contributed by atoms with Crippen molar-refractivity contribution in [2.24, 2.45) is 5.92 Å². The molecular weight excluding hydrogens is 306 g/mol. The number of aliphatic hydroxyl groups excluding tert-OH is 1. The summed E-state index contributed by atoms with van der Waals surface area (Å²) in [6.45, 7) is 1.05. The molecule has 1 amide bonds. The number of carbonyl (C=O) groups is 1. The van der Waals surface area contributed by atoms with Crippen LogP contribution in [0, 0.1) is 5.92 Å². The zero-order chi connectivity index (χ0) is 16.1. The van der Waals surface area contributed by atoms with Crippen molar-refractivity contribution in [3.8, 4) is 0 Å². The van der Waals surface area contributed by atoms with Crippen molar-refractivity contribution < 1.29 is 9.90 Å². The second-order valence-corrected chi connectivity index (χ2v) is 7.79. The highest BCUT2D eigenvalue weighted by atomic mass is 32.2. The molecule has 4 heteroatoms. The van der Waals surface area contributed by atoms with Gasteiger partial charge in [0.2, 0.25) is 5.91 Å². The molecule has 3 rings (SSSR count). The van der Waals surface area contributed by atoms with Gasteiger partial charge in [0.05, 0.1) is 12.4 Å². The molecule has 1 aliphatic heterocycles. The van der Waals surface area contributed by atoms with Crippen molar-refractivity contribution >= 4 is 17.7 Å². The molecule has 1 aliphatic carbocycles. The Morgan fingerprint density at radius 3 is 2.57 bits per heavy atom. The summed E-state index contributed by atoms with van der Waals surface area (Å²) in [5.74, 6) is 2.54. The van der Waals surface area contributed by atoms with Crippen LogP contribution in [0.1, 0.15) is 49.7 Å². The number of piperidine rings is 1. The van der Waals surface area contributed by atoms with Gasteiger partial charge in [-0.25, -0.2) is 0 Å². The van der Waals surface area contributed by atoms with E-state index in [0.29, 0.717) is 17.7 Å². The molecule has 1 saturated heterocycles. The predicted molar refractivity (Wildman–Crippen MR) is 95.2 cm³/mol. The van der Waals surface area contributed by atoms with Crippen molar-refractivity contribution in [2.75, 3.05) is 12.3 Å². The van der Waals surface area contributed by atoms with E-state index >= 15 is 0 Å². The summed E-state index contributed by atoms with van der Waals surface area (Å²) in [5, 5.41) is 9.06. The van der Waals surface area contributed by atoms with Gasteiger partial charge in [0, 0.05) is 18.3 Å². The smallest absolute Gasteiger partial charge is 0.232 e. The highest BCUT2D eigenvalue weighted by molar-refractivity contribution is 7.99. The van der Waals surface area contributed by atoms with Crippen molar-refractivity contribution in [3.63, 3.8) is 0 Å². The fourth-order valence-electron chi connectivity index (χ4n) is 4.01. The van der Waals surface area contributed by atoms with E-state index in [1.54, 1.807) is 11.8 Å². The summed E-state index contributed by atoms with van der Waals surface area (Å²) < 4.78 is 0. The molecule has 23 heavy (non-hydrogen) atoms. The average molecular weight is 333 g/mol. The van der Waals surface area contributed by atoms with Crippen molar-refractivity contribution in [1.29, 1.82) is 0 Å². The van der Waals surface area contributed by atoms with E-state index in [-0.39, 0.29) is 6.61 Å². The molecule has 0 radical (unpaired) electrons. The number of hydrogen-bond donors (Lipinski definition) is 1. The van der Waals surface area contributed by atoms with Crippen molar-refractivity contribution in [1.82, 2.24) is 4.90 Å². The highest BCUT2D eigenvalue weighted by Gasteiger charge is 2.35. The van der Waals surface area contributed by atoms with E-state index in [4.69, 9.17) is 5.11 Å². The van der Waals surface area contributed by atoms with Crippen LogP contribution in [0.15, 0.2) is 24.3 Å². The Kier molecular flexibility index (Phi) is 6.01. The molecule has 3 nitrogen and oxygen atoms in total. The lowest BCUT2D eigenvalue weighted by Crippen LogP contribution is -2.50. The van der Waals surface area contributed by atoms with Crippen LogP contribution in [0.4, 0.5) is 0 Å². The molecule has 1 saturated carbocycles. The Bertz CT molecular complexity index is 515. The Labute approximate surface area is 143 Å². The minimum absolute atomic E-state index is 0.0867. The molecule has 1 N–H and O–H groups in total. The third-order valence-corrected chi connectivity index (χ3v) is 6.25. The number of rotatable bonds is 5. The molecule has 1 heterocycles. The number of hydrogen-bond acceptors (Lipinski definition) is 3. The summed E-state index contributed by atoms with van der Waals surface area (Å²) in [4.78, 5) is 14.8. The summed E-state index contributed by atoms with van der Waals surface area (Å²) >= 11 is 1.71. The first-order valence-electron chi connectivity index (χ1n) is 8.84. The van der Waals surface area contributed by atoms with Gasteiger partial charge < -0.3 is 10.0 Å². The fraction of sp³-hybridized carbons (Fsp3) is 0.632. The van der Waals surface area contributed by atoms with Gasteiger partial charge in [0.1, 0.15) is 0 Å². The molecule has 2 unspecified atom stereocenters. The van der Waals surface area contributed by atoms with Crippen LogP contribution in [-0.2, 0) is 17.2 Å². The molecule has 1 aromatic carbocycles. The highest BCUT2D eigenvalue weighted by Crippen LogP contribution is 2.35. The molecule has 2 fully saturated rings. The Morgan fingerprint density at radius 2 is 1.78 bits per heavy atom. The summed E-state index contributed by atoms with van der Waals surface area (Å²) in [5.41, 5.74) is 2.15. The van der Waals surface area contributed by atoms with Gasteiger partial charge in [-0.1, -0.05) is 37.1 Å². The fourth-order valence-corrected chi connectivity index (χ4v) is 4.89. The van der Waals surface area contributed by atoms with E-state index in [1.165, 1.54) is 44.1 Å². The lowest BCUT2D eigenvalue weighted by molar-refractivity contribution is -0.134. The van der Waals surface area contributed by atoms with Crippen molar-refractivity contribution in [2.45, 2.75) is 56.9 Å². The van der Waals surface area contributed by atoms with E-state index in [2.05, 4.69) is 4.90 Å².